The third kappa shape index (κ3) is 12.6. The number of allylic oxidation sites excluding steroid dienone is 2. The summed E-state index contributed by atoms with van der Waals surface area (Å²) in [6.07, 6.45) is 27.3. The standard InChI is InChI=1S/C23H44N2O/c1-2-3-4-5-6-7-8-9-10-11-12-13-14-15-16-17-18-23-24-19-20-25(23)21-22-26/h3-4,19,23,26H,2,5-18,20-22H2,1H3/b4-3+. The van der Waals surface area contributed by atoms with Gasteiger partial charge in [-0.15, -0.1) is 0 Å². The maximum Gasteiger partial charge on any atom is 0.102 e. The van der Waals surface area contributed by atoms with E-state index in [1.54, 1.807) is 0 Å². The van der Waals surface area contributed by atoms with Crippen molar-refractivity contribution in [2.24, 2.45) is 4.99 Å². The molecule has 26 heavy (non-hydrogen) atoms. The van der Waals surface area contributed by atoms with Gasteiger partial charge in [-0.1, -0.05) is 83.3 Å². The summed E-state index contributed by atoms with van der Waals surface area (Å²) >= 11 is 0. The largest absolute Gasteiger partial charge is 0.395 e. The lowest BCUT2D eigenvalue weighted by Gasteiger charge is -2.21. The molecule has 0 bridgehead atoms. The van der Waals surface area contributed by atoms with E-state index in [1.165, 1.54) is 89.9 Å². The van der Waals surface area contributed by atoms with Crippen molar-refractivity contribution in [2.75, 3.05) is 19.7 Å². The number of aliphatic hydroxyl groups excluding tert-OH is 1. The second kappa shape index (κ2) is 17.7. The zero-order valence-corrected chi connectivity index (χ0v) is 17.4. The molecule has 3 heteroatoms. The molecule has 3 nitrogen and oxygen atoms in total. The summed E-state index contributed by atoms with van der Waals surface area (Å²) in [7, 11) is 0. The normalized spacial score (nSPS) is 17.7. The van der Waals surface area contributed by atoms with E-state index in [0.29, 0.717) is 6.17 Å². The molecule has 0 fully saturated rings. The van der Waals surface area contributed by atoms with Gasteiger partial charge in [0, 0.05) is 19.3 Å². The molecular weight excluding hydrogens is 320 g/mol. The van der Waals surface area contributed by atoms with E-state index in [-0.39, 0.29) is 6.61 Å². The summed E-state index contributed by atoms with van der Waals surface area (Å²) < 4.78 is 0. The molecule has 0 spiro atoms. The summed E-state index contributed by atoms with van der Waals surface area (Å²) in [6.45, 7) is 4.13. The predicted molar refractivity (Wildman–Crippen MR) is 115 cm³/mol. The maximum atomic E-state index is 9.06. The van der Waals surface area contributed by atoms with Crippen molar-refractivity contribution in [3.8, 4) is 0 Å². The molecule has 1 atom stereocenters. The van der Waals surface area contributed by atoms with Crippen LogP contribution in [0.5, 0.6) is 0 Å². The molecule has 0 aromatic heterocycles. The smallest absolute Gasteiger partial charge is 0.102 e. The van der Waals surface area contributed by atoms with Crippen molar-refractivity contribution in [2.45, 2.75) is 109 Å². The highest BCUT2D eigenvalue weighted by atomic mass is 16.3. The lowest BCUT2D eigenvalue weighted by atomic mass is 10.0. The van der Waals surface area contributed by atoms with Gasteiger partial charge in [0.25, 0.3) is 0 Å². The van der Waals surface area contributed by atoms with Gasteiger partial charge in [-0.3, -0.25) is 9.89 Å². The molecule has 1 rings (SSSR count). The van der Waals surface area contributed by atoms with Crippen molar-refractivity contribution in [3.05, 3.63) is 12.2 Å². The molecule has 0 saturated heterocycles. The van der Waals surface area contributed by atoms with Gasteiger partial charge in [0.2, 0.25) is 0 Å². The predicted octanol–water partition coefficient (Wildman–Crippen LogP) is 6.12. The minimum atomic E-state index is 0.246. The fraction of sp³-hybridized carbons (Fsp3) is 0.870. The molecule has 0 aliphatic carbocycles. The van der Waals surface area contributed by atoms with Crippen LogP contribution in [0.1, 0.15) is 103 Å². The topological polar surface area (TPSA) is 35.8 Å². The molecule has 152 valence electrons. The number of hydrogen-bond donors (Lipinski definition) is 1. The Kier molecular flexibility index (Phi) is 15.9. The Labute approximate surface area is 163 Å². The minimum absolute atomic E-state index is 0.246. The first-order valence-corrected chi connectivity index (χ1v) is 11.4. The van der Waals surface area contributed by atoms with Crippen LogP contribution in [0.3, 0.4) is 0 Å². The Balaban J connectivity index is 1.76. The lowest BCUT2D eigenvalue weighted by Crippen LogP contribution is -2.32. The summed E-state index contributed by atoms with van der Waals surface area (Å²) in [4.78, 5) is 6.81. The average molecular weight is 365 g/mol. The summed E-state index contributed by atoms with van der Waals surface area (Å²) in [5.41, 5.74) is 0. The molecule has 0 radical (unpaired) electrons. The number of nitrogens with zero attached hydrogens (tertiary/aromatic N) is 2. The van der Waals surface area contributed by atoms with Crippen LogP contribution in [0.25, 0.3) is 0 Å². The van der Waals surface area contributed by atoms with E-state index in [2.05, 4.69) is 29.0 Å². The fourth-order valence-corrected chi connectivity index (χ4v) is 3.76. The Morgan fingerprint density at radius 2 is 1.46 bits per heavy atom. The number of β-amino-alcohol motifs (C(OH)–C–C–N with tert-alkyl or cyclic N) is 1. The average Bonchev–Trinajstić information content (AvgIpc) is 3.09. The molecule has 1 N–H and O–H groups in total. The van der Waals surface area contributed by atoms with E-state index in [1.807, 2.05) is 6.21 Å². The van der Waals surface area contributed by atoms with Crippen molar-refractivity contribution in [1.82, 2.24) is 4.90 Å². The van der Waals surface area contributed by atoms with Gasteiger partial charge in [0.15, 0.2) is 0 Å². The van der Waals surface area contributed by atoms with Crippen molar-refractivity contribution in [1.29, 1.82) is 0 Å². The van der Waals surface area contributed by atoms with Crippen LogP contribution in [-0.2, 0) is 0 Å². The third-order valence-electron chi connectivity index (χ3n) is 5.39. The first kappa shape index (κ1) is 23.4. The van der Waals surface area contributed by atoms with Gasteiger partial charge in [-0.2, -0.15) is 0 Å². The van der Waals surface area contributed by atoms with Crippen molar-refractivity contribution < 1.29 is 5.11 Å². The zero-order valence-electron chi connectivity index (χ0n) is 17.4. The number of hydrogen-bond acceptors (Lipinski definition) is 3. The van der Waals surface area contributed by atoms with Crippen LogP contribution in [0.4, 0.5) is 0 Å². The van der Waals surface area contributed by atoms with Gasteiger partial charge >= 0.3 is 0 Å². The second-order valence-corrected chi connectivity index (χ2v) is 7.73. The highest BCUT2D eigenvalue weighted by Crippen LogP contribution is 2.16. The molecule has 0 amide bonds. The minimum Gasteiger partial charge on any atom is -0.395 e. The molecular formula is C23H44N2O. The SMILES string of the molecule is CC/C=C/CCCCCCCCCCCCCCC1N=CCN1CCO. The molecule has 0 aromatic carbocycles. The monoisotopic (exact) mass is 364 g/mol. The second-order valence-electron chi connectivity index (χ2n) is 7.73. The maximum absolute atomic E-state index is 9.06. The van der Waals surface area contributed by atoms with Crippen LogP contribution in [0.2, 0.25) is 0 Å². The van der Waals surface area contributed by atoms with Gasteiger partial charge in [0.05, 0.1) is 6.61 Å². The Morgan fingerprint density at radius 3 is 2.04 bits per heavy atom. The highest BCUT2D eigenvalue weighted by Gasteiger charge is 2.19. The molecule has 1 heterocycles. The van der Waals surface area contributed by atoms with E-state index >= 15 is 0 Å². The first-order chi connectivity index (χ1) is 12.9. The van der Waals surface area contributed by atoms with Gasteiger partial charge in [-0.25, -0.2) is 0 Å². The first-order valence-electron chi connectivity index (χ1n) is 11.4. The van der Waals surface area contributed by atoms with Crippen molar-refractivity contribution >= 4 is 6.21 Å². The zero-order chi connectivity index (χ0) is 18.7. The number of aliphatic hydroxyl groups is 1. The number of aliphatic imine (C=N–C) groups is 1. The van der Waals surface area contributed by atoms with Gasteiger partial charge < -0.3 is 5.11 Å². The Bertz CT molecular complexity index is 354. The van der Waals surface area contributed by atoms with E-state index in [0.717, 1.165) is 19.5 Å². The number of rotatable bonds is 18. The lowest BCUT2D eigenvalue weighted by molar-refractivity contribution is 0.176. The van der Waals surface area contributed by atoms with Crippen LogP contribution in [-0.4, -0.2) is 42.1 Å². The van der Waals surface area contributed by atoms with Gasteiger partial charge in [-0.05, 0) is 32.1 Å². The Hall–Kier alpha value is -0.670. The summed E-state index contributed by atoms with van der Waals surface area (Å²) in [5.74, 6) is 0. The molecule has 1 aliphatic rings. The molecule has 1 unspecified atom stereocenters. The van der Waals surface area contributed by atoms with Crippen LogP contribution in [0, 0.1) is 0 Å². The molecule has 1 aliphatic heterocycles. The Morgan fingerprint density at radius 1 is 0.885 bits per heavy atom. The van der Waals surface area contributed by atoms with Gasteiger partial charge in [0.1, 0.15) is 6.17 Å². The van der Waals surface area contributed by atoms with Crippen molar-refractivity contribution in [3.63, 3.8) is 0 Å². The highest BCUT2D eigenvalue weighted by molar-refractivity contribution is 5.62. The quantitative estimate of drug-likeness (QED) is 0.235. The fourth-order valence-electron chi connectivity index (χ4n) is 3.76. The summed E-state index contributed by atoms with van der Waals surface area (Å²) in [5, 5.41) is 9.06. The number of unbranched alkanes of at least 4 members (excludes halogenated alkanes) is 12. The van der Waals surface area contributed by atoms with E-state index in [4.69, 9.17) is 5.11 Å². The van der Waals surface area contributed by atoms with Crippen LogP contribution < -0.4 is 0 Å². The molecule has 0 saturated carbocycles. The summed E-state index contributed by atoms with van der Waals surface area (Å²) in [6, 6.07) is 0. The third-order valence-corrected chi connectivity index (χ3v) is 5.39. The van der Waals surface area contributed by atoms with E-state index in [9.17, 15) is 0 Å². The van der Waals surface area contributed by atoms with Crippen LogP contribution in [0.15, 0.2) is 17.1 Å². The van der Waals surface area contributed by atoms with Crippen LogP contribution >= 0.6 is 0 Å². The molecule has 0 aromatic rings. The van der Waals surface area contributed by atoms with E-state index < -0.39 is 0 Å².